The highest BCUT2D eigenvalue weighted by Crippen LogP contribution is 2.31. The normalized spacial score (nSPS) is 14.5. The largest absolute Gasteiger partial charge is 0.465 e. The highest BCUT2D eigenvalue weighted by Gasteiger charge is 2.32. The van der Waals surface area contributed by atoms with E-state index in [1.54, 1.807) is 24.3 Å². The zero-order valence-electron chi connectivity index (χ0n) is 17.6. The summed E-state index contributed by atoms with van der Waals surface area (Å²) in [6.07, 6.45) is 2.92. The fourth-order valence-corrected chi connectivity index (χ4v) is 4.28. The average molecular weight is 538 g/mol. The highest BCUT2D eigenvalue weighted by molar-refractivity contribution is 8.14. The van der Waals surface area contributed by atoms with E-state index in [1.165, 1.54) is 47.6 Å². The summed E-state index contributed by atoms with van der Waals surface area (Å²) in [6, 6.07) is 13.5. The fraction of sp³-hybridized carbons (Fsp3) is 0.0870. The number of benzene rings is 2. The Morgan fingerprint density at radius 3 is 2.63 bits per heavy atom. The number of thioether (sulfide) groups is 1. The van der Waals surface area contributed by atoms with Gasteiger partial charge in [0.2, 0.25) is 5.91 Å². The van der Waals surface area contributed by atoms with Gasteiger partial charge >= 0.3 is 6.61 Å². The summed E-state index contributed by atoms with van der Waals surface area (Å²) in [5.74, 6) is -0.611. The lowest BCUT2D eigenvalue weighted by molar-refractivity contribution is -0.114. The van der Waals surface area contributed by atoms with Gasteiger partial charge in [-0.1, -0.05) is 35.0 Å². The lowest BCUT2D eigenvalue weighted by Crippen LogP contribution is -2.31. The van der Waals surface area contributed by atoms with E-state index in [2.05, 4.69) is 15.0 Å². The molecule has 1 aliphatic rings. The topological polar surface area (TPSA) is 84.1 Å². The Morgan fingerprint density at radius 1 is 1.20 bits per heavy atom. The summed E-state index contributed by atoms with van der Waals surface area (Å²) in [4.78, 5) is 31.3. The number of nitrogens with one attached hydrogen (secondary N) is 1. The molecule has 0 aliphatic carbocycles. The number of carbonyl (C=O) groups is 2. The van der Waals surface area contributed by atoms with Crippen molar-refractivity contribution in [2.24, 2.45) is 4.99 Å². The Kier molecular flexibility index (Phi) is 7.74. The molecule has 0 saturated carbocycles. The first-order valence-electron chi connectivity index (χ1n) is 9.91. The second kappa shape index (κ2) is 10.9. The van der Waals surface area contributed by atoms with Gasteiger partial charge in [-0.15, -0.1) is 0 Å². The van der Waals surface area contributed by atoms with Gasteiger partial charge in [0.25, 0.3) is 5.91 Å². The van der Waals surface area contributed by atoms with Gasteiger partial charge in [-0.25, -0.2) is 4.99 Å². The number of aliphatic imine (C=N–C) groups is 1. The Balaban J connectivity index is 1.54. The molecule has 2 amide bonds. The molecule has 3 aromatic rings. The summed E-state index contributed by atoms with van der Waals surface area (Å²) in [5, 5.41) is 3.60. The van der Waals surface area contributed by atoms with Gasteiger partial charge < -0.3 is 14.5 Å². The number of amidine groups is 1. The van der Waals surface area contributed by atoms with E-state index in [0.717, 1.165) is 11.8 Å². The Bertz CT molecular complexity index is 1300. The number of amides is 2. The second-order valence-corrected chi connectivity index (χ2v) is 8.70. The van der Waals surface area contributed by atoms with Crippen molar-refractivity contribution in [2.75, 3.05) is 16.0 Å². The molecule has 0 fully saturated rings. The van der Waals surface area contributed by atoms with Crippen molar-refractivity contribution in [3.8, 4) is 5.75 Å². The van der Waals surface area contributed by atoms with Crippen LogP contribution < -0.4 is 15.0 Å². The standard InChI is InChI=1S/C23H15Cl2F2N3O4S/c24-13-3-8-18(17(25)10-13)28-20(31)12-35-23-29-19(11-16-2-1-9-33-16)21(32)30(23)14-4-6-15(7-5-14)34-22(26)27/h1-11,22H,12H2,(H,28,31). The van der Waals surface area contributed by atoms with Crippen LogP contribution in [0.3, 0.4) is 0 Å². The molecule has 0 unspecified atom stereocenters. The van der Waals surface area contributed by atoms with Crippen molar-refractivity contribution >= 4 is 69.4 Å². The van der Waals surface area contributed by atoms with E-state index in [-0.39, 0.29) is 27.4 Å². The van der Waals surface area contributed by atoms with Gasteiger partial charge in [-0.2, -0.15) is 8.78 Å². The van der Waals surface area contributed by atoms with Gasteiger partial charge in [-0.05, 0) is 54.6 Å². The third-order valence-electron chi connectivity index (χ3n) is 4.51. The Labute approximate surface area is 212 Å². The van der Waals surface area contributed by atoms with Gasteiger partial charge in [-0.3, -0.25) is 14.5 Å². The van der Waals surface area contributed by atoms with Crippen LogP contribution in [0.1, 0.15) is 5.76 Å². The minimum absolute atomic E-state index is 0.0629. The van der Waals surface area contributed by atoms with Crippen LogP contribution >= 0.6 is 35.0 Å². The molecular weight excluding hydrogens is 523 g/mol. The minimum Gasteiger partial charge on any atom is -0.465 e. The number of alkyl halides is 2. The number of rotatable bonds is 7. The summed E-state index contributed by atoms with van der Waals surface area (Å²) in [5.41, 5.74) is 0.819. The third kappa shape index (κ3) is 6.21. The van der Waals surface area contributed by atoms with Crippen LogP contribution in [0.2, 0.25) is 10.0 Å². The third-order valence-corrected chi connectivity index (χ3v) is 6.00. The number of nitrogens with zero attached hydrogens (tertiary/aromatic N) is 2. The predicted octanol–water partition coefficient (Wildman–Crippen LogP) is 6.30. The molecule has 0 saturated heterocycles. The average Bonchev–Trinajstić information content (AvgIpc) is 3.43. The Hall–Kier alpha value is -3.34. The monoisotopic (exact) mass is 537 g/mol. The van der Waals surface area contributed by atoms with E-state index >= 15 is 0 Å². The van der Waals surface area contributed by atoms with Crippen molar-refractivity contribution < 1.29 is 27.5 Å². The molecule has 0 radical (unpaired) electrons. The molecule has 4 rings (SSSR count). The molecule has 35 heavy (non-hydrogen) atoms. The molecule has 2 heterocycles. The summed E-state index contributed by atoms with van der Waals surface area (Å²) in [6.45, 7) is -2.97. The van der Waals surface area contributed by atoms with Crippen LogP contribution in [-0.2, 0) is 9.59 Å². The highest BCUT2D eigenvalue weighted by atomic mass is 35.5. The molecule has 2 aromatic carbocycles. The smallest absolute Gasteiger partial charge is 0.387 e. The predicted molar refractivity (Wildman–Crippen MR) is 132 cm³/mol. The number of halogens is 4. The number of hydrogen-bond acceptors (Lipinski definition) is 6. The van der Waals surface area contributed by atoms with Crippen molar-refractivity contribution in [1.29, 1.82) is 0 Å². The molecular formula is C23H15Cl2F2N3O4S. The minimum atomic E-state index is -2.97. The molecule has 180 valence electrons. The van der Waals surface area contributed by atoms with Gasteiger partial charge in [0.1, 0.15) is 17.2 Å². The maximum atomic E-state index is 13.1. The van der Waals surface area contributed by atoms with Crippen molar-refractivity contribution in [3.63, 3.8) is 0 Å². The maximum absolute atomic E-state index is 13.1. The molecule has 1 N–H and O–H groups in total. The molecule has 0 bridgehead atoms. The summed E-state index contributed by atoms with van der Waals surface area (Å²) in [7, 11) is 0. The first-order chi connectivity index (χ1) is 16.8. The number of anilines is 2. The van der Waals surface area contributed by atoms with E-state index in [1.807, 2.05) is 0 Å². The number of ether oxygens (including phenoxy) is 1. The lowest BCUT2D eigenvalue weighted by Gasteiger charge is -2.18. The SMILES string of the molecule is O=C(CSC1=NC(=Cc2ccco2)C(=O)N1c1ccc(OC(F)F)cc1)Nc1ccc(Cl)cc1Cl. The molecule has 1 aliphatic heterocycles. The van der Waals surface area contributed by atoms with E-state index in [4.69, 9.17) is 27.6 Å². The number of hydrogen-bond donors (Lipinski definition) is 1. The first kappa shape index (κ1) is 24.8. The van der Waals surface area contributed by atoms with Crippen molar-refractivity contribution in [2.45, 2.75) is 6.61 Å². The molecule has 12 heteroatoms. The van der Waals surface area contributed by atoms with Gasteiger partial charge in [0, 0.05) is 11.1 Å². The zero-order valence-corrected chi connectivity index (χ0v) is 19.9. The number of furan rings is 1. The first-order valence-corrected chi connectivity index (χ1v) is 11.7. The second-order valence-electron chi connectivity index (χ2n) is 6.91. The van der Waals surface area contributed by atoms with Crippen LogP contribution in [0.4, 0.5) is 20.2 Å². The zero-order chi connectivity index (χ0) is 24.9. The Morgan fingerprint density at radius 2 is 1.97 bits per heavy atom. The number of carbonyl (C=O) groups excluding carboxylic acids is 2. The van der Waals surface area contributed by atoms with Gasteiger partial charge in [0.05, 0.1) is 28.4 Å². The summed E-state index contributed by atoms with van der Waals surface area (Å²) < 4.78 is 34.6. The maximum Gasteiger partial charge on any atom is 0.387 e. The van der Waals surface area contributed by atoms with Crippen LogP contribution in [0, 0.1) is 0 Å². The lowest BCUT2D eigenvalue weighted by atomic mass is 10.2. The van der Waals surface area contributed by atoms with E-state index in [9.17, 15) is 18.4 Å². The van der Waals surface area contributed by atoms with Crippen molar-refractivity contribution in [1.82, 2.24) is 0 Å². The molecule has 7 nitrogen and oxygen atoms in total. The van der Waals surface area contributed by atoms with E-state index < -0.39 is 18.4 Å². The molecule has 0 atom stereocenters. The summed E-state index contributed by atoms with van der Waals surface area (Å²) >= 11 is 13.0. The van der Waals surface area contributed by atoms with Crippen LogP contribution in [0.5, 0.6) is 5.75 Å². The molecule has 0 spiro atoms. The van der Waals surface area contributed by atoms with E-state index in [0.29, 0.717) is 22.2 Å². The van der Waals surface area contributed by atoms with Crippen molar-refractivity contribution in [3.05, 3.63) is 82.4 Å². The van der Waals surface area contributed by atoms with Crippen LogP contribution in [0.25, 0.3) is 6.08 Å². The van der Waals surface area contributed by atoms with Crippen LogP contribution in [-0.4, -0.2) is 29.3 Å². The fourth-order valence-electron chi connectivity index (χ4n) is 3.01. The quantitative estimate of drug-likeness (QED) is 0.357. The van der Waals surface area contributed by atoms with Crippen LogP contribution in [0.15, 0.2) is 76.0 Å². The van der Waals surface area contributed by atoms with Gasteiger partial charge in [0.15, 0.2) is 5.17 Å². The molecule has 1 aromatic heterocycles.